The molecule has 1 unspecified atom stereocenters. The SMILES string of the molecule is CCCCNC(=O)c1cccc(CN2C(=O)C3CCCN3C(=O)c3ccccc32)c1. The van der Waals surface area contributed by atoms with Crippen LogP contribution in [0.2, 0.25) is 0 Å². The van der Waals surface area contributed by atoms with Gasteiger partial charge in [-0.3, -0.25) is 14.4 Å². The number of carbonyl (C=O) groups is 3. The second kappa shape index (κ2) is 8.69. The zero-order chi connectivity index (χ0) is 21.1. The minimum atomic E-state index is -0.412. The molecule has 0 radical (unpaired) electrons. The van der Waals surface area contributed by atoms with E-state index in [1.807, 2.05) is 36.4 Å². The summed E-state index contributed by atoms with van der Waals surface area (Å²) in [6, 6.07) is 14.2. The number of hydrogen-bond donors (Lipinski definition) is 1. The first-order chi connectivity index (χ1) is 14.6. The number of unbranched alkanes of at least 4 members (excludes halogenated alkanes) is 1. The maximum atomic E-state index is 13.4. The predicted molar refractivity (Wildman–Crippen MR) is 115 cm³/mol. The van der Waals surface area contributed by atoms with Gasteiger partial charge in [0.05, 0.1) is 17.8 Å². The molecule has 3 amide bonds. The molecule has 0 aliphatic carbocycles. The van der Waals surface area contributed by atoms with Crippen molar-refractivity contribution in [2.75, 3.05) is 18.0 Å². The Kier molecular flexibility index (Phi) is 5.84. The van der Waals surface area contributed by atoms with Gasteiger partial charge < -0.3 is 15.1 Å². The van der Waals surface area contributed by atoms with Crippen molar-refractivity contribution in [3.8, 4) is 0 Å². The van der Waals surface area contributed by atoms with Gasteiger partial charge in [0, 0.05) is 18.7 Å². The van der Waals surface area contributed by atoms with Crippen molar-refractivity contribution in [1.82, 2.24) is 10.2 Å². The molecule has 0 spiro atoms. The van der Waals surface area contributed by atoms with E-state index in [2.05, 4.69) is 12.2 Å². The van der Waals surface area contributed by atoms with Crippen molar-refractivity contribution >= 4 is 23.4 Å². The molecule has 6 nitrogen and oxygen atoms in total. The van der Waals surface area contributed by atoms with Gasteiger partial charge in [-0.25, -0.2) is 0 Å². The second-order valence-corrected chi connectivity index (χ2v) is 7.91. The van der Waals surface area contributed by atoms with Crippen molar-refractivity contribution in [1.29, 1.82) is 0 Å². The van der Waals surface area contributed by atoms with E-state index < -0.39 is 6.04 Å². The smallest absolute Gasteiger partial charge is 0.256 e. The van der Waals surface area contributed by atoms with Crippen molar-refractivity contribution in [3.05, 3.63) is 65.2 Å². The zero-order valence-corrected chi connectivity index (χ0v) is 17.3. The summed E-state index contributed by atoms with van der Waals surface area (Å²) in [5.41, 5.74) is 2.64. The molecule has 2 aliphatic heterocycles. The third kappa shape index (κ3) is 3.82. The fraction of sp³-hybridized carbons (Fsp3) is 0.375. The van der Waals surface area contributed by atoms with E-state index in [1.165, 1.54) is 0 Å². The Morgan fingerprint density at radius 3 is 2.80 bits per heavy atom. The normalized spacial score (nSPS) is 18.1. The van der Waals surface area contributed by atoms with Gasteiger partial charge in [-0.05, 0) is 49.1 Å². The van der Waals surface area contributed by atoms with Crippen LogP contribution in [-0.2, 0) is 11.3 Å². The molecule has 0 saturated carbocycles. The number of nitrogens with one attached hydrogen (secondary N) is 1. The Balaban J connectivity index is 1.63. The molecule has 0 bridgehead atoms. The summed E-state index contributed by atoms with van der Waals surface area (Å²) in [5, 5.41) is 2.93. The average Bonchev–Trinajstić information content (AvgIpc) is 3.24. The molecule has 6 heteroatoms. The molecule has 1 saturated heterocycles. The standard InChI is InChI=1S/C24H27N3O3/c1-2-3-13-25-22(28)18-9-6-8-17(15-18)16-27-20-11-5-4-10-19(20)23(29)26-14-7-12-21(26)24(27)30/h4-6,8-11,15,21H,2-3,7,12-14,16H2,1H3,(H,25,28). The molecule has 1 fully saturated rings. The first-order valence-electron chi connectivity index (χ1n) is 10.7. The van der Waals surface area contributed by atoms with E-state index in [0.717, 1.165) is 24.8 Å². The number of amides is 3. The lowest BCUT2D eigenvalue weighted by Gasteiger charge is -2.26. The van der Waals surface area contributed by atoms with Crippen LogP contribution in [0.5, 0.6) is 0 Å². The highest BCUT2D eigenvalue weighted by Gasteiger charge is 2.41. The van der Waals surface area contributed by atoms with Gasteiger partial charge in [0.15, 0.2) is 0 Å². The molecular formula is C24H27N3O3. The highest BCUT2D eigenvalue weighted by Crippen LogP contribution is 2.33. The van der Waals surface area contributed by atoms with Gasteiger partial charge >= 0.3 is 0 Å². The summed E-state index contributed by atoms with van der Waals surface area (Å²) in [5.74, 6) is -0.235. The Labute approximate surface area is 176 Å². The van der Waals surface area contributed by atoms with Crippen LogP contribution in [0.1, 0.15) is 58.9 Å². The quantitative estimate of drug-likeness (QED) is 0.749. The number of anilines is 1. The number of hydrogen-bond acceptors (Lipinski definition) is 3. The summed E-state index contributed by atoms with van der Waals surface area (Å²) in [6.45, 7) is 3.67. The van der Waals surface area contributed by atoms with Gasteiger partial charge in [-0.2, -0.15) is 0 Å². The zero-order valence-electron chi connectivity index (χ0n) is 17.3. The number of nitrogens with zero attached hydrogens (tertiary/aromatic N) is 2. The van der Waals surface area contributed by atoms with Crippen LogP contribution < -0.4 is 10.2 Å². The van der Waals surface area contributed by atoms with Gasteiger partial charge in [0.25, 0.3) is 11.8 Å². The molecule has 1 N–H and O–H groups in total. The average molecular weight is 405 g/mol. The number of benzene rings is 2. The first-order valence-corrected chi connectivity index (χ1v) is 10.7. The second-order valence-electron chi connectivity index (χ2n) is 7.91. The van der Waals surface area contributed by atoms with Crippen molar-refractivity contribution in [2.45, 2.75) is 45.2 Å². The molecule has 2 aliphatic rings. The lowest BCUT2D eigenvalue weighted by molar-refractivity contribution is -0.122. The van der Waals surface area contributed by atoms with Crippen LogP contribution in [0.15, 0.2) is 48.5 Å². The van der Waals surface area contributed by atoms with E-state index in [1.54, 1.807) is 21.9 Å². The highest BCUT2D eigenvalue weighted by molar-refractivity contribution is 6.11. The van der Waals surface area contributed by atoms with Crippen molar-refractivity contribution in [2.24, 2.45) is 0 Å². The van der Waals surface area contributed by atoms with Gasteiger partial charge in [0.2, 0.25) is 5.91 Å². The van der Waals surface area contributed by atoms with Crippen LogP contribution >= 0.6 is 0 Å². The van der Waals surface area contributed by atoms with E-state index in [0.29, 0.717) is 42.9 Å². The van der Waals surface area contributed by atoms with Crippen molar-refractivity contribution in [3.63, 3.8) is 0 Å². The maximum Gasteiger partial charge on any atom is 0.256 e. The molecular weight excluding hydrogens is 378 g/mol. The monoisotopic (exact) mass is 405 g/mol. The summed E-state index contributed by atoms with van der Waals surface area (Å²) < 4.78 is 0. The molecule has 30 heavy (non-hydrogen) atoms. The van der Waals surface area contributed by atoms with E-state index >= 15 is 0 Å². The first kappa shape index (κ1) is 20.1. The Bertz CT molecular complexity index is 972. The lowest BCUT2D eigenvalue weighted by Crippen LogP contribution is -2.44. The summed E-state index contributed by atoms with van der Waals surface area (Å²) in [6.07, 6.45) is 3.49. The molecule has 156 valence electrons. The van der Waals surface area contributed by atoms with Crippen molar-refractivity contribution < 1.29 is 14.4 Å². The van der Waals surface area contributed by atoms with Crippen LogP contribution in [-0.4, -0.2) is 41.8 Å². The molecule has 2 heterocycles. The number of rotatable bonds is 6. The topological polar surface area (TPSA) is 69.7 Å². The summed E-state index contributed by atoms with van der Waals surface area (Å²) >= 11 is 0. The Morgan fingerprint density at radius 1 is 1.13 bits per heavy atom. The molecule has 2 aromatic carbocycles. The van der Waals surface area contributed by atoms with Crippen LogP contribution in [0, 0.1) is 0 Å². The van der Waals surface area contributed by atoms with Crippen LogP contribution in [0.4, 0.5) is 5.69 Å². The van der Waals surface area contributed by atoms with Gasteiger partial charge in [-0.15, -0.1) is 0 Å². The van der Waals surface area contributed by atoms with Crippen LogP contribution in [0.25, 0.3) is 0 Å². The van der Waals surface area contributed by atoms with Gasteiger partial charge in [-0.1, -0.05) is 37.6 Å². The Hall–Kier alpha value is -3.15. The largest absolute Gasteiger partial charge is 0.352 e. The van der Waals surface area contributed by atoms with Crippen LogP contribution in [0.3, 0.4) is 0 Å². The third-order valence-electron chi connectivity index (χ3n) is 5.84. The third-order valence-corrected chi connectivity index (χ3v) is 5.84. The summed E-state index contributed by atoms with van der Waals surface area (Å²) in [7, 11) is 0. The minimum Gasteiger partial charge on any atom is -0.352 e. The van der Waals surface area contributed by atoms with E-state index in [9.17, 15) is 14.4 Å². The number of para-hydroxylation sites is 1. The number of carbonyl (C=O) groups excluding carboxylic acids is 3. The molecule has 4 rings (SSSR count). The fourth-order valence-electron chi connectivity index (χ4n) is 4.25. The minimum absolute atomic E-state index is 0.0522. The predicted octanol–water partition coefficient (Wildman–Crippen LogP) is 3.37. The molecule has 1 atom stereocenters. The highest BCUT2D eigenvalue weighted by atomic mass is 16.2. The maximum absolute atomic E-state index is 13.4. The molecule has 2 aromatic rings. The summed E-state index contributed by atoms with van der Waals surface area (Å²) in [4.78, 5) is 42.3. The fourth-order valence-corrected chi connectivity index (χ4v) is 4.25. The van der Waals surface area contributed by atoms with E-state index in [-0.39, 0.29) is 17.7 Å². The number of fused-ring (bicyclic) bond motifs is 2. The molecule has 0 aromatic heterocycles. The Morgan fingerprint density at radius 2 is 1.97 bits per heavy atom. The van der Waals surface area contributed by atoms with E-state index in [4.69, 9.17) is 0 Å². The lowest BCUT2D eigenvalue weighted by atomic mass is 10.1. The van der Waals surface area contributed by atoms with Gasteiger partial charge in [0.1, 0.15) is 6.04 Å².